The molecule has 1 atom stereocenters. The lowest BCUT2D eigenvalue weighted by Gasteiger charge is -2.33. The van der Waals surface area contributed by atoms with Crippen molar-refractivity contribution < 1.29 is 22.9 Å². The number of rotatable bonds is 14. The number of carbonyl (C=O) groups excluding carboxylic acids is 2. The van der Waals surface area contributed by atoms with Crippen LogP contribution in [0.2, 0.25) is 0 Å². The molecule has 0 radical (unpaired) electrons. The average molecular weight is 615 g/mol. The van der Waals surface area contributed by atoms with Gasteiger partial charge in [0.1, 0.15) is 12.6 Å². The van der Waals surface area contributed by atoms with Crippen LogP contribution in [0.15, 0.2) is 120 Å². The summed E-state index contributed by atoms with van der Waals surface area (Å²) in [6, 6.07) is 30.1. The number of nitrogens with zero attached hydrogens (tertiary/aromatic N) is 3. The number of nitro groups is 1. The molecule has 10 nitrogen and oxygen atoms in total. The lowest BCUT2D eigenvalue weighted by molar-refractivity contribution is -0.384. The highest BCUT2D eigenvalue weighted by atomic mass is 32.2. The summed E-state index contributed by atoms with van der Waals surface area (Å²) in [5, 5.41) is 14.5. The molecule has 4 rings (SSSR count). The van der Waals surface area contributed by atoms with Gasteiger partial charge < -0.3 is 10.2 Å². The van der Waals surface area contributed by atoms with Crippen LogP contribution in [0.5, 0.6) is 0 Å². The maximum Gasteiger partial charge on any atom is 0.271 e. The Labute approximate surface area is 257 Å². The summed E-state index contributed by atoms with van der Waals surface area (Å²) < 4.78 is 28.8. The van der Waals surface area contributed by atoms with Gasteiger partial charge in [0.2, 0.25) is 11.8 Å². The van der Waals surface area contributed by atoms with Crippen LogP contribution in [0, 0.1) is 10.1 Å². The first-order valence-corrected chi connectivity index (χ1v) is 15.6. The third-order valence-electron chi connectivity index (χ3n) is 6.95. The molecule has 0 aliphatic heterocycles. The van der Waals surface area contributed by atoms with E-state index >= 15 is 0 Å². The van der Waals surface area contributed by atoms with E-state index in [0.29, 0.717) is 13.0 Å². The molecule has 228 valence electrons. The molecule has 0 aliphatic rings. The molecule has 44 heavy (non-hydrogen) atoms. The van der Waals surface area contributed by atoms with Gasteiger partial charge in [-0.3, -0.25) is 24.0 Å². The molecule has 0 heterocycles. The topological polar surface area (TPSA) is 130 Å². The smallest absolute Gasteiger partial charge is 0.271 e. The van der Waals surface area contributed by atoms with Gasteiger partial charge >= 0.3 is 0 Å². The second kappa shape index (κ2) is 14.9. The van der Waals surface area contributed by atoms with Crippen LogP contribution < -0.4 is 9.62 Å². The number of hydrogen-bond acceptors (Lipinski definition) is 6. The molecular weight excluding hydrogens is 580 g/mol. The van der Waals surface area contributed by atoms with Crippen LogP contribution >= 0.6 is 0 Å². The molecule has 0 aromatic heterocycles. The summed E-state index contributed by atoms with van der Waals surface area (Å²) >= 11 is 0. The van der Waals surface area contributed by atoms with Crippen molar-refractivity contribution in [2.24, 2.45) is 0 Å². The Balaban J connectivity index is 1.80. The largest absolute Gasteiger partial charge is 0.354 e. The minimum Gasteiger partial charge on any atom is -0.354 e. The number of nitro benzene ring substituents is 1. The van der Waals surface area contributed by atoms with Gasteiger partial charge in [0.15, 0.2) is 0 Å². The summed E-state index contributed by atoms with van der Waals surface area (Å²) in [4.78, 5) is 40.2. The van der Waals surface area contributed by atoms with E-state index in [0.717, 1.165) is 21.5 Å². The Bertz CT molecular complexity index is 1670. The van der Waals surface area contributed by atoms with Gasteiger partial charge in [0.25, 0.3) is 15.7 Å². The Morgan fingerprint density at radius 2 is 1.43 bits per heavy atom. The van der Waals surface area contributed by atoms with Gasteiger partial charge in [0, 0.05) is 31.6 Å². The summed E-state index contributed by atoms with van der Waals surface area (Å²) in [6.45, 7) is 1.66. The number of benzene rings is 4. The van der Waals surface area contributed by atoms with E-state index in [4.69, 9.17) is 0 Å². The normalized spacial score (nSPS) is 11.8. The van der Waals surface area contributed by atoms with E-state index in [1.807, 2.05) is 67.6 Å². The third-order valence-corrected chi connectivity index (χ3v) is 8.74. The van der Waals surface area contributed by atoms with Crippen LogP contribution in [0.3, 0.4) is 0 Å². The maximum absolute atomic E-state index is 14.3. The average Bonchev–Trinajstić information content (AvgIpc) is 3.05. The van der Waals surface area contributed by atoms with Gasteiger partial charge in [-0.1, -0.05) is 91.9 Å². The maximum atomic E-state index is 14.3. The summed E-state index contributed by atoms with van der Waals surface area (Å²) in [7, 11) is -4.35. The molecule has 0 fully saturated rings. The zero-order valence-electron chi connectivity index (χ0n) is 24.3. The third kappa shape index (κ3) is 8.07. The first-order valence-electron chi connectivity index (χ1n) is 14.2. The molecule has 11 heteroatoms. The van der Waals surface area contributed by atoms with Crippen LogP contribution in [0.4, 0.5) is 11.4 Å². The number of amides is 2. The van der Waals surface area contributed by atoms with Crippen molar-refractivity contribution in [1.82, 2.24) is 10.2 Å². The predicted octanol–water partition coefficient (Wildman–Crippen LogP) is 4.96. The Kier molecular flexibility index (Phi) is 10.8. The zero-order chi connectivity index (χ0) is 31.5. The molecule has 2 amide bonds. The Hall–Kier alpha value is -5.03. The molecule has 4 aromatic carbocycles. The molecule has 1 N–H and O–H groups in total. The fraction of sp³-hybridized carbons (Fsp3) is 0.212. The van der Waals surface area contributed by atoms with Crippen LogP contribution in [-0.4, -0.2) is 49.2 Å². The minimum atomic E-state index is -4.35. The van der Waals surface area contributed by atoms with E-state index in [1.165, 1.54) is 35.2 Å². The van der Waals surface area contributed by atoms with Crippen LogP contribution in [0.25, 0.3) is 0 Å². The van der Waals surface area contributed by atoms with Gasteiger partial charge in [-0.15, -0.1) is 0 Å². The fourth-order valence-electron chi connectivity index (χ4n) is 4.71. The van der Waals surface area contributed by atoms with E-state index in [1.54, 1.807) is 18.2 Å². The number of non-ortho nitro benzene ring substituents is 1. The van der Waals surface area contributed by atoms with Crippen molar-refractivity contribution in [3.05, 3.63) is 137 Å². The Morgan fingerprint density at radius 1 is 0.841 bits per heavy atom. The van der Waals surface area contributed by atoms with Crippen molar-refractivity contribution in [3.8, 4) is 0 Å². The van der Waals surface area contributed by atoms with Crippen molar-refractivity contribution in [1.29, 1.82) is 0 Å². The van der Waals surface area contributed by atoms with Crippen molar-refractivity contribution in [3.63, 3.8) is 0 Å². The molecule has 0 saturated carbocycles. The summed E-state index contributed by atoms with van der Waals surface area (Å²) in [5.74, 6) is -1.01. The van der Waals surface area contributed by atoms with E-state index < -0.39 is 33.4 Å². The monoisotopic (exact) mass is 614 g/mol. The van der Waals surface area contributed by atoms with E-state index in [-0.39, 0.29) is 35.1 Å². The van der Waals surface area contributed by atoms with Crippen molar-refractivity contribution >= 4 is 33.2 Å². The molecule has 0 aliphatic carbocycles. The quantitative estimate of drug-likeness (QED) is 0.158. The lowest BCUT2D eigenvalue weighted by Crippen LogP contribution is -2.53. The minimum absolute atomic E-state index is 0.0326. The van der Waals surface area contributed by atoms with Gasteiger partial charge in [-0.05, 0) is 35.7 Å². The van der Waals surface area contributed by atoms with E-state index in [2.05, 4.69) is 5.32 Å². The molecule has 0 bridgehead atoms. The second-order valence-corrected chi connectivity index (χ2v) is 12.0. The molecule has 0 spiro atoms. The first kappa shape index (κ1) is 31.9. The number of hydrogen-bond donors (Lipinski definition) is 1. The summed E-state index contributed by atoms with van der Waals surface area (Å²) in [6.07, 6.45) is 0.878. The Morgan fingerprint density at radius 3 is 2.02 bits per heavy atom. The number of carbonyl (C=O) groups is 2. The highest BCUT2D eigenvalue weighted by molar-refractivity contribution is 7.92. The predicted molar refractivity (Wildman–Crippen MR) is 168 cm³/mol. The highest BCUT2D eigenvalue weighted by Gasteiger charge is 2.35. The number of sulfonamides is 1. The van der Waals surface area contributed by atoms with Crippen molar-refractivity contribution in [2.75, 3.05) is 17.4 Å². The standard InChI is InChI=1S/C33H34N4O6S/c1-2-21-34-33(39)31(22-26-13-6-3-7-14-26)35(24-27-15-8-4-9-16-27)32(38)25-36(28-17-12-18-29(23-28)37(40)41)44(42,43)30-19-10-5-11-20-30/h3-20,23,31H,2,21-22,24-25H2,1H3,(H,34,39). The second-order valence-electron chi connectivity index (χ2n) is 10.1. The first-order chi connectivity index (χ1) is 21.2. The number of anilines is 1. The van der Waals surface area contributed by atoms with Gasteiger partial charge in [0.05, 0.1) is 15.5 Å². The SMILES string of the molecule is CCCNC(=O)C(Cc1ccccc1)N(Cc1ccccc1)C(=O)CN(c1cccc([N+](=O)[O-])c1)S(=O)(=O)c1ccccc1. The van der Waals surface area contributed by atoms with E-state index in [9.17, 15) is 28.1 Å². The van der Waals surface area contributed by atoms with Crippen molar-refractivity contribution in [2.45, 2.75) is 37.2 Å². The molecule has 1 unspecified atom stereocenters. The van der Waals surface area contributed by atoms with Crippen LogP contribution in [-0.2, 0) is 32.6 Å². The van der Waals surface area contributed by atoms with Gasteiger partial charge in [-0.2, -0.15) is 0 Å². The lowest BCUT2D eigenvalue weighted by atomic mass is 10.0. The van der Waals surface area contributed by atoms with Crippen LogP contribution in [0.1, 0.15) is 24.5 Å². The van der Waals surface area contributed by atoms with Gasteiger partial charge in [-0.25, -0.2) is 8.42 Å². The molecule has 0 saturated heterocycles. The zero-order valence-corrected chi connectivity index (χ0v) is 25.1. The molecule has 4 aromatic rings. The molecular formula is C33H34N4O6S. The number of nitrogens with one attached hydrogen (secondary N) is 1. The fourth-order valence-corrected chi connectivity index (χ4v) is 6.14. The highest BCUT2D eigenvalue weighted by Crippen LogP contribution is 2.28. The summed E-state index contributed by atoms with van der Waals surface area (Å²) in [5.41, 5.74) is 1.19.